The second-order valence-corrected chi connectivity index (χ2v) is 8.28. The van der Waals surface area contributed by atoms with Crippen molar-refractivity contribution in [2.24, 2.45) is 0 Å². The molecule has 2 aliphatic heterocycles. The van der Waals surface area contributed by atoms with Crippen molar-refractivity contribution in [1.82, 2.24) is 4.90 Å². The highest BCUT2D eigenvalue weighted by molar-refractivity contribution is 9.10. The van der Waals surface area contributed by atoms with E-state index in [4.69, 9.17) is 0 Å². The van der Waals surface area contributed by atoms with Gasteiger partial charge in [-0.15, -0.1) is 0 Å². The maximum Gasteiger partial charge on any atom is 0.0413 e. The second-order valence-electron chi connectivity index (χ2n) is 7.43. The lowest BCUT2D eigenvalue weighted by Gasteiger charge is -2.38. The molecule has 0 radical (unpaired) electrons. The van der Waals surface area contributed by atoms with Gasteiger partial charge in [-0.25, -0.2) is 0 Å². The van der Waals surface area contributed by atoms with Gasteiger partial charge in [0.15, 0.2) is 0 Å². The Labute approximate surface area is 160 Å². The van der Waals surface area contributed by atoms with E-state index in [1.165, 1.54) is 78.7 Å². The molecule has 0 aliphatic carbocycles. The molecule has 2 aliphatic rings. The summed E-state index contributed by atoms with van der Waals surface area (Å²) in [6, 6.07) is 16.2. The summed E-state index contributed by atoms with van der Waals surface area (Å²) in [4.78, 5) is 5.32. The second kappa shape index (κ2) is 7.51. The Bertz CT molecular complexity index is 735. The molecule has 4 rings (SSSR count). The van der Waals surface area contributed by atoms with Gasteiger partial charge in [0.05, 0.1) is 0 Å². The number of hydrogen-bond donors (Lipinski definition) is 0. The van der Waals surface area contributed by atoms with Gasteiger partial charge in [0, 0.05) is 42.4 Å². The lowest BCUT2D eigenvalue weighted by atomic mass is 10.0. The summed E-state index contributed by atoms with van der Waals surface area (Å²) in [5, 5.41) is 0. The first-order valence-electron chi connectivity index (χ1n) is 9.53. The summed E-state index contributed by atoms with van der Waals surface area (Å²) in [5.41, 5.74) is 5.90. The number of hydrogen-bond acceptors (Lipinski definition) is 2. The monoisotopic (exact) mass is 398 g/mol. The summed E-state index contributed by atoms with van der Waals surface area (Å²) in [5.74, 6) is 0. The van der Waals surface area contributed by atoms with Crippen molar-refractivity contribution < 1.29 is 0 Å². The van der Waals surface area contributed by atoms with Crippen LogP contribution in [0.1, 0.15) is 29.5 Å². The minimum absolute atomic E-state index is 0.713. The van der Waals surface area contributed by atoms with Crippen molar-refractivity contribution in [1.29, 1.82) is 0 Å². The number of benzene rings is 2. The van der Waals surface area contributed by atoms with Gasteiger partial charge in [-0.2, -0.15) is 0 Å². The minimum atomic E-state index is 0.713. The first kappa shape index (κ1) is 17.1. The van der Waals surface area contributed by atoms with Gasteiger partial charge in [-0.05, 0) is 61.4 Å². The van der Waals surface area contributed by atoms with E-state index in [1.807, 2.05) is 0 Å². The number of rotatable bonds is 4. The number of piperidine rings is 1. The number of aryl methyl sites for hydroxylation is 1. The van der Waals surface area contributed by atoms with Crippen LogP contribution < -0.4 is 4.90 Å². The third-order valence-electron chi connectivity index (χ3n) is 5.96. The predicted octanol–water partition coefficient (Wildman–Crippen LogP) is 4.83. The van der Waals surface area contributed by atoms with Gasteiger partial charge in [0.25, 0.3) is 0 Å². The molecule has 0 atom stereocenters. The van der Waals surface area contributed by atoms with Crippen molar-refractivity contribution in [3.05, 3.63) is 63.6 Å². The fourth-order valence-corrected chi connectivity index (χ4v) is 4.97. The van der Waals surface area contributed by atoms with Crippen LogP contribution in [0.3, 0.4) is 0 Å². The highest BCUT2D eigenvalue weighted by Gasteiger charge is 2.29. The molecule has 2 aromatic carbocycles. The Kier molecular flexibility index (Phi) is 5.14. The molecule has 132 valence electrons. The fraction of sp³-hybridized carbons (Fsp3) is 0.455. The van der Waals surface area contributed by atoms with Crippen LogP contribution in [0.25, 0.3) is 0 Å². The van der Waals surface area contributed by atoms with E-state index in [-0.39, 0.29) is 0 Å². The molecular formula is C22H27BrN2. The van der Waals surface area contributed by atoms with E-state index in [2.05, 4.69) is 75.1 Å². The molecule has 25 heavy (non-hydrogen) atoms. The summed E-state index contributed by atoms with van der Waals surface area (Å²) in [6.45, 7) is 7.07. The van der Waals surface area contributed by atoms with Crippen molar-refractivity contribution in [3.63, 3.8) is 0 Å². The topological polar surface area (TPSA) is 6.48 Å². The number of fused-ring (bicyclic) bond motifs is 1. The van der Waals surface area contributed by atoms with Crippen LogP contribution in [0.4, 0.5) is 5.69 Å². The molecule has 0 spiro atoms. The van der Waals surface area contributed by atoms with Crippen LogP contribution >= 0.6 is 15.9 Å². The van der Waals surface area contributed by atoms with Crippen molar-refractivity contribution in [3.8, 4) is 0 Å². The molecule has 2 heterocycles. The van der Waals surface area contributed by atoms with E-state index in [0.717, 1.165) is 0 Å². The molecule has 0 N–H and O–H groups in total. The van der Waals surface area contributed by atoms with Gasteiger partial charge < -0.3 is 9.80 Å². The summed E-state index contributed by atoms with van der Waals surface area (Å²) >= 11 is 3.72. The summed E-state index contributed by atoms with van der Waals surface area (Å²) in [6.07, 6.45) is 4.94. The van der Waals surface area contributed by atoms with Gasteiger partial charge >= 0.3 is 0 Å². The van der Waals surface area contributed by atoms with Crippen LogP contribution in [0.15, 0.2) is 46.9 Å². The van der Waals surface area contributed by atoms with E-state index in [1.54, 1.807) is 0 Å². The molecule has 3 heteroatoms. The molecule has 1 fully saturated rings. The Balaban J connectivity index is 1.32. The first-order valence-corrected chi connectivity index (χ1v) is 10.3. The highest BCUT2D eigenvalue weighted by Crippen LogP contribution is 2.36. The average Bonchev–Trinajstić information content (AvgIpc) is 3.07. The molecule has 0 saturated carbocycles. The SMILES string of the molecule is Cc1ccccc1CCN1CCC(N2CCc3c(Br)cccc32)CC1. The van der Waals surface area contributed by atoms with Crippen molar-refractivity contribution in [2.75, 3.05) is 31.1 Å². The lowest BCUT2D eigenvalue weighted by Crippen LogP contribution is -2.45. The van der Waals surface area contributed by atoms with Crippen LogP contribution in [-0.2, 0) is 12.8 Å². The Morgan fingerprint density at radius 2 is 1.80 bits per heavy atom. The van der Waals surface area contributed by atoms with E-state index in [9.17, 15) is 0 Å². The van der Waals surface area contributed by atoms with E-state index in [0.29, 0.717) is 6.04 Å². The molecule has 2 aromatic rings. The molecule has 0 bridgehead atoms. The third-order valence-corrected chi connectivity index (χ3v) is 6.71. The predicted molar refractivity (Wildman–Crippen MR) is 110 cm³/mol. The van der Waals surface area contributed by atoms with Crippen molar-refractivity contribution >= 4 is 21.6 Å². The lowest BCUT2D eigenvalue weighted by molar-refractivity contribution is 0.212. The normalized spacial score (nSPS) is 18.6. The third kappa shape index (κ3) is 3.63. The Morgan fingerprint density at radius 1 is 1.00 bits per heavy atom. The highest BCUT2D eigenvalue weighted by atomic mass is 79.9. The van der Waals surface area contributed by atoms with Gasteiger partial charge in [-0.3, -0.25) is 0 Å². The number of anilines is 1. The molecule has 0 aromatic heterocycles. The Morgan fingerprint density at radius 3 is 2.60 bits per heavy atom. The smallest absolute Gasteiger partial charge is 0.0413 e. The van der Waals surface area contributed by atoms with Crippen LogP contribution in [0.2, 0.25) is 0 Å². The number of halogens is 1. The standard InChI is InChI=1S/C22H27BrN2/c1-17-5-2-3-6-18(17)9-13-24-14-10-19(11-15-24)25-16-12-20-21(23)7-4-8-22(20)25/h2-8,19H,9-16H2,1H3. The number of likely N-dealkylation sites (tertiary alicyclic amines) is 1. The van der Waals surface area contributed by atoms with Gasteiger partial charge in [-0.1, -0.05) is 46.3 Å². The van der Waals surface area contributed by atoms with E-state index < -0.39 is 0 Å². The average molecular weight is 399 g/mol. The van der Waals surface area contributed by atoms with Crippen molar-refractivity contribution in [2.45, 2.75) is 38.6 Å². The molecule has 0 unspecified atom stereocenters. The van der Waals surface area contributed by atoms with Gasteiger partial charge in [0.1, 0.15) is 0 Å². The Hall–Kier alpha value is -1.32. The fourth-order valence-electron chi connectivity index (χ4n) is 4.42. The molecule has 2 nitrogen and oxygen atoms in total. The molecule has 1 saturated heterocycles. The molecular weight excluding hydrogens is 372 g/mol. The van der Waals surface area contributed by atoms with Crippen LogP contribution in [0, 0.1) is 6.92 Å². The summed E-state index contributed by atoms with van der Waals surface area (Å²) in [7, 11) is 0. The number of nitrogens with zero attached hydrogens (tertiary/aromatic N) is 2. The zero-order valence-corrected chi connectivity index (χ0v) is 16.6. The maximum absolute atomic E-state index is 3.72. The van der Waals surface area contributed by atoms with Gasteiger partial charge in [0.2, 0.25) is 0 Å². The maximum atomic E-state index is 3.72. The van der Waals surface area contributed by atoms with Crippen LogP contribution in [-0.4, -0.2) is 37.1 Å². The quantitative estimate of drug-likeness (QED) is 0.727. The molecule has 0 amide bonds. The zero-order chi connectivity index (χ0) is 17.2. The first-order chi connectivity index (χ1) is 12.2. The zero-order valence-electron chi connectivity index (χ0n) is 15.0. The summed E-state index contributed by atoms with van der Waals surface area (Å²) < 4.78 is 1.28. The largest absolute Gasteiger partial charge is 0.368 e. The van der Waals surface area contributed by atoms with E-state index >= 15 is 0 Å². The van der Waals surface area contributed by atoms with Crippen LogP contribution in [0.5, 0.6) is 0 Å². The minimum Gasteiger partial charge on any atom is -0.368 e.